The Morgan fingerprint density at radius 3 is 2.21 bits per heavy atom. The fraction of sp³-hybridized carbons (Fsp3) is 0.188. The Hall–Kier alpha value is -1.92. The molecular weight excluding hydrogens is 349 g/mol. The van der Waals surface area contributed by atoms with Crippen LogP contribution in [-0.4, -0.2) is 21.1 Å². The van der Waals surface area contributed by atoms with Crippen LogP contribution in [0.4, 0.5) is 0 Å². The summed E-state index contributed by atoms with van der Waals surface area (Å²) in [6.07, 6.45) is 0. The number of nitrogens with one attached hydrogen (secondary N) is 1. The van der Waals surface area contributed by atoms with E-state index in [9.17, 15) is 17.8 Å². The van der Waals surface area contributed by atoms with Gasteiger partial charge in [0.2, 0.25) is 10.0 Å². The van der Waals surface area contributed by atoms with Crippen LogP contribution in [0.2, 0.25) is 0 Å². The first kappa shape index (κ1) is 18.4. The van der Waals surface area contributed by atoms with Crippen molar-refractivity contribution in [3.8, 4) is 0 Å². The average Bonchev–Trinajstić information content (AvgIpc) is 2.59. The van der Waals surface area contributed by atoms with Gasteiger partial charge in [-0.25, -0.2) is 13.2 Å². The highest BCUT2D eigenvalue weighted by molar-refractivity contribution is 7.89. The second kappa shape index (κ2) is 7.77. The molecular formula is C16H17NO5PS+. The van der Waals surface area contributed by atoms with Gasteiger partial charge in [0.05, 0.1) is 12.0 Å². The number of carbonyl (C=O) groups is 1. The van der Waals surface area contributed by atoms with Crippen molar-refractivity contribution in [3.63, 3.8) is 0 Å². The van der Waals surface area contributed by atoms with Gasteiger partial charge in [-0.15, -0.1) is 4.52 Å². The van der Waals surface area contributed by atoms with Crippen LogP contribution in [0.5, 0.6) is 0 Å². The van der Waals surface area contributed by atoms with Crippen molar-refractivity contribution in [1.29, 1.82) is 0 Å². The first-order chi connectivity index (χ1) is 11.3. The summed E-state index contributed by atoms with van der Waals surface area (Å²) in [6.45, 7) is 1.84. The summed E-state index contributed by atoms with van der Waals surface area (Å²) in [5.74, 6) is 0. The molecule has 126 valence electrons. The van der Waals surface area contributed by atoms with E-state index in [0.717, 1.165) is 12.7 Å². The SMILES string of the molecule is CO[P+](=O)C(=O)C(NS(=O)(=O)c1ccc(C)cc1)c1ccccc1. The monoisotopic (exact) mass is 366 g/mol. The molecule has 0 aromatic heterocycles. The second-order valence-corrected chi connectivity index (χ2v) is 8.09. The predicted molar refractivity (Wildman–Crippen MR) is 90.3 cm³/mol. The molecule has 2 atom stereocenters. The van der Waals surface area contributed by atoms with E-state index in [0.29, 0.717) is 5.56 Å². The molecule has 2 rings (SSSR count). The Balaban J connectivity index is 2.39. The van der Waals surface area contributed by atoms with E-state index in [1.165, 1.54) is 12.1 Å². The summed E-state index contributed by atoms with van der Waals surface area (Å²) in [5.41, 5.74) is 0.458. The Morgan fingerprint density at radius 1 is 1.08 bits per heavy atom. The fourth-order valence-corrected chi connectivity index (χ4v) is 3.92. The van der Waals surface area contributed by atoms with Gasteiger partial charge in [0, 0.05) is 0 Å². The summed E-state index contributed by atoms with van der Waals surface area (Å²) >= 11 is 0. The van der Waals surface area contributed by atoms with E-state index < -0.39 is 29.6 Å². The molecule has 0 bridgehead atoms. The number of aryl methyl sites for hydroxylation is 1. The lowest BCUT2D eigenvalue weighted by Crippen LogP contribution is -2.32. The van der Waals surface area contributed by atoms with Gasteiger partial charge in [-0.3, -0.25) is 0 Å². The van der Waals surface area contributed by atoms with Crippen molar-refractivity contribution in [3.05, 3.63) is 65.7 Å². The van der Waals surface area contributed by atoms with Crippen molar-refractivity contribution in [2.24, 2.45) is 0 Å². The summed E-state index contributed by atoms with van der Waals surface area (Å²) in [6, 6.07) is 13.1. The lowest BCUT2D eigenvalue weighted by Gasteiger charge is -2.13. The molecule has 24 heavy (non-hydrogen) atoms. The van der Waals surface area contributed by atoms with Crippen LogP contribution >= 0.6 is 8.03 Å². The van der Waals surface area contributed by atoms with Crippen molar-refractivity contribution >= 4 is 23.6 Å². The lowest BCUT2D eigenvalue weighted by molar-refractivity contribution is -0.113. The zero-order valence-electron chi connectivity index (χ0n) is 13.2. The van der Waals surface area contributed by atoms with Gasteiger partial charge < -0.3 is 0 Å². The first-order valence-corrected chi connectivity index (χ1v) is 9.70. The molecule has 2 aromatic rings. The predicted octanol–water partition coefficient (Wildman–Crippen LogP) is 2.93. The summed E-state index contributed by atoms with van der Waals surface area (Å²) < 4.78 is 43.7. The van der Waals surface area contributed by atoms with Gasteiger partial charge in [0.15, 0.2) is 6.04 Å². The number of rotatable bonds is 7. The topological polar surface area (TPSA) is 89.5 Å². The normalized spacial score (nSPS) is 13.3. The van der Waals surface area contributed by atoms with E-state index >= 15 is 0 Å². The molecule has 0 amide bonds. The van der Waals surface area contributed by atoms with Gasteiger partial charge in [0.1, 0.15) is 0 Å². The minimum atomic E-state index is -3.97. The maximum atomic E-state index is 12.5. The number of hydrogen-bond acceptors (Lipinski definition) is 5. The third-order valence-corrected chi connectivity index (χ3v) is 5.72. The molecule has 0 aliphatic carbocycles. The zero-order chi connectivity index (χ0) is 17.7. The van der Waals surface area contributed by atoms with Gasteiger partial charge >= 0.3 is 13.6 Å². The molecule has 0 saturated carbocycles. The van der Waals surface area contributed by atoms with Crippen LogP contribution in [0.3, 0.4) is 0 Å². The maximum absolute atomic E-state index is 12.5. The number of hydrogen-bond donors (Lipinski definition) is 1. The van der Waals surface area contributed by atoms with Crippen LogP contribution in [0, 0.1) is 6.92 Å². The summed E-state index contributed by atoms with van der Waals surface area (Å²) in [5, 5.41) is 0. The van der Waals surface area contributed by atoms with E-state index in [4.69, 9.17) is 0 Å². The van der Waals surface area contributed by atoms with Crippen molar-refractivity contribution < 1.29 is 22.3 Å². The van der Waals surface area contributed by atoms with E-state index in [1.807, 2.05) is 6.92 Å². The number of sulfonamides is 1. The molecule has 0 fully saturated rings. The highest BCUT2D eigenvalue weighted by Gasteiger charge is 2.41. The van der Waals surface area contributed by atoms with Crippen molar-refractivity contribution in [2.45, 2.75) is 17.9 Å². The van der Waals surface area contributed by atoms with Crippen LogP contribution in [0.1, 0.15) is 17.2 Å². The molecule has 8 heteroatoms. The highest BCUT2D eigenvalue weighted by atomic mass is 32.2. The standard InChI is InChI=1S/C16H17NO5PS/c1-12-8-10-14(11-9-12)24(20,21)17-15(16(18)23(19)22-2)13-6-4-3-5-7-13/h3-11,15,17H,1-2H3/q+1. The molecule has 0 spiro atoms. The summed E-state index contributed by atoms with van der Waals surface area (Å²) in [7, 11) is -5.48. The van der Waals surface area contributed by atoms with Gasteiger partial charge in [-0.05, 0) is 29.2 Å². The van der Waals surface area contributed by atoms with E-state index in [-0.39, 0.29) is 4.90 Å². The van der Waals surface area contributed by atoms with Crippen LogP contribution in [-0.2, 0) is 23.9 Å². The van der Waals surface area contributed by atoms with Gasteiger partial charge in [-0.2, -0.15) is 4.72 Å². The van der Waals surface area contributed by atoms with Crippen molar-refractivity contribution in [1.82, 2.24) is 4.72 Å². The molecule has 2 unspecified atom stereocenters. The first-order valence-electron chi connectivity index (χ1n) is 7.04. The smallest absolute Gasteiger partial charge is 0.234 e. The second-order valence-electron chi connectivity index (χ2n) is 5.06. The number of carbonyl (C=O) groups excluding carboxylic acids is 1. The van der Waals surface area contributed by atoms with Crippen LogP contribution in [0.25, 0.3) is 0 Å². The highest BCUT2D eigenvalue weighted by Crippen LogP contribution is 2.31. The quantitative estimate of drug-likeness (QED) is 0.761. The Kier molecular flexibility index (Phi) is 5.96. The minimum Gasteiger partial charge on any atom is -0.234 e. The molecule has 0 aliphatic heterocycles. The molecule has 0 saturated heterocycles. The molecule has 6 nitrogen and oxygen atoms in total. The van der Waals surface area contributed by atoms with E-state index in [2.05, 4.69) is 9.25 Å². The van der Waals surface area contributed by atoms with Gasteiger partial charge in [0.25, 0.3) is 0 Å². The van der Waals surface area contributed by atoms with E-state index in [1.54, 1.807) is 42.5 Å². The molecule has 0 radical (unpaired) electrons. The third-order valence-electron chi connectivity index (χ3n) is 3.33. The third kappa shape index (κ3) is 4.33. The lowest BCUT2D eigenvalue weighted by atomic mass is 10.1. The fourth-order valence-electron chi connectivity index (χ4n) is 2.04. The molecule has 1 N–H and O–H groups in total. The zero-order valence-corrected chi connectivity index (χ0v) is 14.9. The molecule has 2 aromatic carbocycles. The summed E-state index contributed by atoms with van der Waals surface area (Å²) in [4.78, 5) is 12.3. The van der Waals surface area contributed by atoms with Gasteiger partial charge in [-0.1, -0.05) is 48.0 Å². The average molecular weight is 366 g/mol. The Labute approximate surface area is 141 Å². The number of benzene rings is 2. The van der Waals surface area contributed by atoms with Crippen molar-refractivity contribution in [2.75, 3.05) is 7.11 Å². The minimum absolute atomic E-state index is 0.0227. The largest absolute Gasteiger partial charge is 0.589 e. The Bertz CT molecular complexity index is 835. The molecule has 0 aliphatic rings. The Morgan fingerprint density at radius 2 is 1.67 bits per heavy atom. The van der Waals surface area contributed by atoms with Crippen LogP contribution in [0.15, 0.2) is 59.5 Å². The molecule has 0 heterocycles. The maximum Gasteiger partial charge on any atom is 0.589 e. The van der Waals surface area contributed by atoms with Crippen LogP contribution < -0.4 is 4.72 Å².